The van der Waals surface area contributed by atoms with Crippen molar-refractivity contribution in [1.82, 2.24) is 0 Å². The second-order valence-electron chi connectivity index (χ2n) is 24.5. The van der Waals surface area contributed by atoms with Crippen LogP contribution in [0.4, 0.5) is 0 Å². The lowest BCUT2D eigenvalue weighted by atomic mass is 10.0. The highest BCUT2D eigenvalue weighted by Crippen LogP contribution is 2.45. The first-order valence-electron chi connectivity index (χ1n) is 37.7. The zero-order valence-corrected chi connectivity index (χ0v) is 63.6. The number of unbranched alkanes of at least 4 members (excludes halogenated alkanes) is 18. The molecule has 568 valence electrons. The van der Waals surface area contributed by atoms with Crippen LogP contribution in [0, 0.1) is 0 Å². The number of esters is 4. The Balaban J connectivity index is 5.48. The minimum absolute atomic E-state index is 0.0811. The molecule has 0 radical (unpaired) electrons. The van der Waals surface area contributed by atoms with Gasteiger partial charge in [-0.25, -0.2) is 9.13 Å². The van der Waals surface area contributed by atoms with Crippen LogP contribution in [-0.2, 0) is 65.4 Å². The van der Waals surface area contributed by atoms with Crippen LogP contribution in [0.15, 0.2) is 158 Å². The van der Waals surface area contributed by atoms with Crippen molar-refractivity contribution in [2.24, 2.45) is 0 Å². The third kappa shape index (κ3) is 71.1. The second kappa shape index (κ2) is 72.0. The molecule has 19 heteroatoms. The Morgan fingerprint density at radius 2 is 0.560 bits per heavy atom. The fourth-order valence-corrected chi connectivity index (χ4v) is 11.0. The Morgan fingerprint density at radius 3 is 0.910 bits per heavy atom. The van der Waals surface area contributed by atoms with Gasteiger partial charge in [0.2, 0.25) is 0 Å². The highest BCUT2D eigenvalue weighted by atomic mass is 31.2. The molecule has 0 saturated carbocycles. The van der Waals surface area contributed by atoms with Crippen molar-refractivity contribution in [1.29, 1.82) is 0 Å². The summed E-state index contributed by atoms with van der Waals surface area (Å²) >= 11 is 0. The first kappa shape index (κ1) is 94.7. The monoisotopic (exact) mass is 1440 g/mol. The van der Waals surface area contributed by atoms with E-state index in [-0.39, 0.29) is 25.7 Å². The molecule has 5 unspecified atom stereocenters. The van der Waals surface area contributed by atoms with Gasteiger partial charge in [0.15, 0.2) is 12.2 Å². The number of allylic oxidation sites excluding steroid dienone is 25. The van der Waals surface area contributed by atoms with Gasteiger partial charge in [-0.1, -0.05) is 276 Å². The molecule has 0 aliphatic heterocycles. The first-order valence-corrected chi connectivity index (χ1v) is 40.7. The van der Waals surface area contributed by atoms with Crippen LogP contribution >= 0.6 is 15.6 Å². The number of hydrogen-bond acceptors (Lipinski definition) is 15. The van der Waals surface area contributed by atoms with E-state index in [4.69, 9.17) is 37.0 Å². The Morgan fingerprint density at radius 1 is 0.300 bits per heavy atom. The van der Waals surface area contributed by atoms with Crippen LogP contribution in [0.1, 0.15) is 272 Å². The van der Waals surface area contributed by atoms with Crippen molar-refractivity contribution in [3.05, 3.63) is 158 Å². The van der Waals surface area contributed by atoms with E-state index in [9.17, 15) is 43.2 Å². The molecule has 0 saturated heterocycles. The molecule has 0 rings (SSSR count). The van der Waals surface area contributed by atoms with Crippen molar-refractivity contribution < 1.29 is 80.2 Å². The molecule has 0 aromatic rings. The summed E-state index contributed by atoms with van der Waals surface area (Å²) < 4.78 is 68.3. The topological polar surface area (TPSA) is 237 Å². The lowest BCUT2D eigenvalue weighted by Gasteiger charge is -2.21. The number of phosphoric acid groups is 2. The summed E-state index contributed by atoms with van der Waals surface area (Å²) in [7, 11) is -10.0. The Hall–Kier alpha value is -5.32. The number of rotatable bonds is 69. The van der Waals surface area contributed by atoms with Crippen LogP contribution in [0.25, 0.3) is 0 Å². The Labute approximate surface area is 604 Å². The van der Waals surface area contributed by atoms with Gasteiger partial charge in [-0.15, -0.1) is 0 Å². The number of aliphatic hydroxyl groups is 1. The Kier molecular flexibility index (Phi) is 68.2. The van der Waals surface area contributed by atoms with Crippen LogP contribution in [0.3, 0.4) is 0 Å². The average molecular weight is 1440 g/mol. The highest BCUT2D eigenvalue weighted by molar-refractivity contribution is 7.47. The van der Waals surface area contributed by atoms with Crippen LogP contribution in [0.5, 0.6) is 0 Å². The summed E-state index contributed by atoms with van der Waals surface area (Å²) in [5, 5.41) is 10.6. The molecule has 0 heterocycles. The molecule has 5 atom stereocenters. The van der Waals surface area contributed by atoms with Gasteiger partial charge >= 0.3 is 39.5 Å². The minimum atomic E-state index is -5.01. The van der Waals surface area contributed by atoms with Gasteiger partial charge in [0.25, 0.3) is 0 Å². The summed E-state index contributed by atoms with van der Waals surface area (Å²) in [4.78, 5) is 72.8. The maximum absolute atomic E-state index is 13.1. The van der Waals surface area contributed by atoms with E-state index in [1.165, 1.54) is 51.4 Å². The molecular weight excluding hydrogens is 1310 g/mol. The van der Waals surface area contributed by atoms with Gasteiger partial charge in [-0.05, 0) is 128 Å². The average Bonchev–Trinajstić information content (AvgIpc) is 0.932. The molecule has 0 aliphatic rings. The molecule has 0 amide bonds. The molecule has 0 spiro atoms. The predicted molar refractivity (Wildman–Crippen MR) is 408 cm³/mol. The highest BCUT2D eigenvalue weighted by Gasteiger charge is 2.30. The lowest BCUT2D eigenvalue weighted by molar-refractivity contribution is -0.161. The molecule has 0 fully saturated rings. The summed E-state index contributed by atoms with van der Waals surface area (Å²) in [6.07, 6.45) is 82.7. The zero-order valence-electron chi connectivity index (χ0n) is 61.8. The molecular formula is C81H132O17P2. The standard InChI is InChI=1S/C81H132O17P2/c1-5-9-13-17-21-25-29-33-36-37-40-43-46-50-54-58-62-66-79(84)92-72-77(98-81(86)68-64-60-56-52-48-44-39-35-31-27-23-19-15-11-7-3)74-96-100(89,90)94-70-75(82)69-93-99(87,88)95-73-76(97-80(85)67-63-59-55-51-47-41-32-28-24-20-16-12-8-4)71-91-78(83)65-61-57-53-49-45-42-38-34-30-26-22-18-14-10-6-2/h9-11,13-15,21-23,25-27,33-36,38-40,43,45,48-49,52,60,64,75-77,82H,5-8,12,16-20,24,28-32,37,41-42,44,46-47,50-51,53-59,61-63,65-74H2,1-4H3,(H,87,88)(H,89,90)/b13-9-,14-10-,15-11-,25-21-,26-22-,27-23-,36-33-,38-34-,39-35-,43-40-,49-45-,52-48-,64-60-. The fourth-order valence-electron chi connectivity index (χ4n) is 9.39. The van der Waals surface area contributed by atoms with E-state index in [2.05, 4.69) is 161 Å². The zero-order chi connectivity index (χ0) is 73.2. The summed E-state index contributed by atoms with van der Waals surface area (Å²) in [6.45, 7) is 4.32. The molecule has 100 heavy (non-hydrogen) atoms. The molecule has 0 aliphatic carbocycles. The third-order valence-electron chi connectivity index (χ3n) is 15.0. The molecule has 3 N–H and O–H groups in total. The van der Waals surface area contributed by atoms with Crippen molar-refractivity contribution in [3.8, 4) is 0 Å². The van der Waals surface area contributed by atoms with E-state index in [0.717, 1.165) is 141 Å². The Bertz CT molecular complexity index is 2520. The number of phosphoric ester groups is 2. The summed E-state index contributed by atoms with van der Waals surface area (Å²) in [5.74, 6) is -2.41. The first-order chi connectivity index (χ1) is 48.7. The third-order valence-corrected chi connectivity index (χ3v) is 16.9. The fraction of sp³-hybridized carbons (Fsp3) is 0.630. The minimum Gasteiger partial charge on any atom is -0.462 e. The number of hydrogen-bond donors (Lipinski definition) is 3. The van der Waals surface area contributed by atoms with Gasteiger partial charge in [0.1, 0.15) is 19.3 Å². The second-order valence-corrected chi connectivity index (χ2v) is 27.4. The SMILES string of the molecule is CC/C=C\C/C=C\C/C=C\C/C=C\C/C=C\CC(=O)OC(COC(=O)CCCCCC/C=C\C/C=C\C/C=C\C/C=C\CC)COP(=O)(O)OCC(O)COP(=O)(O)OCC(COC(=O)CCCC/C=C\C/C=C\C/C=C\C/C=C\CC)OC(=O)CCCCCCCCCCCCCCC. The number of ether oxygens (including phenoxy) is 4. The van der Waals surface area contributed by atoms with Gasteiger partial charge in [0.05, 0.1) is 32.8 Å². The molecule has 0 bridgehead atoms. The molecule has 0 aromatic carbocycles. The molecule has 0 aromatic heterocycles. The number of carbonyl (C=O) groups is 4. The quantitative estimate of drug-likeness (QED) is 0.0169. The van der Waals surface area contributed by atoms with Crippen molar-refractivity contribution in [2.45, 2.75) is 290 Å². The van der Waals surface area contributed by atoms with E-state index >= 15 is 0 Å². The van der Waals surface area contributed by atoms with Crippen LogP contribution < -0.4 is 0 Å². The molecule has 17 nitrogen and oxygen atoms in total. The van der Waals surface area contributed by atoms with E-state index in [1.807, 2.05) is 12.2 Å². The maximum atomic E-state index is 13.1. The normalized spacial score (nSPS) is 14.8. The van der Waals surface area contributed by atoms with Gasteiger partial charge in [0, 0.05) is 19.3 Å². The van der Waals surface area contributed by atoms with Gasteiger partial charge in [-0.3, -0.25) is 37.3 Å². The number of carbonyl (C=O) groups excluding carboxylic acids is 4. The van der Waals surface area contributed by atoms with Crippen molar-refractivity contribution >= 4 is 39.5 Å². The van der Waals surface area contributed by atoms with Crippen LogP contribution in [0.2, 0.25) is 0 Å². The summed E-state index contributed by atoms with van der Waals surface area (Å²) in [6, 6.07) is 0. The van der Waals surface area contributed by atoms with Crippen molar-refractivity contribution in [2.75, 3.05) is 39.6 Å². The lowest BCUT2D eigenvalue weighted by Crippen LogP contribution is -2.30. The van der Waals surface area contributed by atoms with E-state index in [0.29, 0.717) is 25.7 Å². The summed E-state index contributed by atoms with van der Waals surface area (Å²) in [5.41, 5.74) is 0. The predicted octanol–water partition coefficient (Wildman–Crippen LogP) is 21.7. The van der Waals surface area contributed by atoms with Crippen molar-refractivity contribution in [3.63, 3.8) is 0 Å². The largest absolute Gasteiger partial charge is 0.472 e. The van der Waals surface area contributed by atoms with Gasteiger partial charge < -0.3 is 33.8 Å². The van der Waals surface area contributed by atoms with E-state index in [1.54, 1.807) is 12.2 Å². The maximum Gasteiger partial charge on any atom is 0.472 e. The smallest absolute Gasteiger partial charge is 0.462 e. The van der Waals surface area contributed by atoms with Gasteiger partial charge in [-0.2, -0.15) is 0 Å². The van der Waals surface area contributed by atoms with Crippen LogP contribution in [-0.4, -0.2) is 96.7 Å². The van der Waals surface area contributed by atoms with E-state index < -0.39 is 97.5 Å². The number of aliphatic hydroxyl groups excluding tert-OH is 1.